The molecule has 1 aromatic carbocycles. The molecule has 7 nitrogen and oxygen atoms in total. The zero-order valence-corrected chi connectivity index (χ0v) is 16.3. The Morgan fingerprint density at radius 1 is 1.00 bits per heavy atom. The summed E-state index contributed by atoms with van der Waals surface area (Å²) in [6.07, 6.45) is 7.33. The van der Waals surface area contributed by atoms with Gasteiger partial charge in [0, 0.05) is 30.1 Å². The lowest BCUT2D eigenvalue weighted by molar-refractivity contribution is 0.101. The fraction of sp³-hybridized carbons (Fsp3) is 0.250. The average molecular weight is 395 g/mol. The van der Waals surface area contributed by atoms with Crippen molar-refractivity contribution in [3.05, 3.63) is 64.9 Å². The third kappa shape index (κ3) is 5.43. The molecule has 3 rings (SSSR count). The Labute approximate surface area is 167 Å². The van der Waals surface area contributed by atoms with Gasteiger partial charge in [0.05, 0.1) is 5.56 Å². The van der Waals surface area contributed by atoms with Gasteiger partial charge < -0.3 is 5.32 Å². The van der Waals surface area contributed by atoms with E-state index in [1.165, 1.54) is 17.5 Å². The molecule has 28 heavy (non-hydrogen) atoms. The maximum absolute atomic E-state index is 12.5. The van der Waals surface area contributed by atoms with Crippen LogP contribution in [0, 0.1) is 0 Å². The molecule has 0 fully saturated rings. The second-order valence-corrected chi connectivity index (χ2v) is 7.25. The predicted molar refractivity (Wildman–Crippen MR) is 110 cm³/mol. The first-order valence-corrected chi connectivity index (χ1v) is 9.92. The summed E-state index contributed by atoms with van der Waals surface area (Å²) in [5.41, 5.74) is 1.40. The van der Waals surface area contributed by atoms with E-state index in [1.54, 1.807) is 42.6 Å². The summed E-state index contributed by atoms with van der Waals surface area (Å²) in [6, 6.07) is 10.1. The van der Waals surface area contributed by atoms with Crippen LogP contribution >= 0.6 is 11.3 Å². The molecule has 2 amide bonds. The summed E-state index contributed by atoms with van der Waals surface area (Å²) in [6.45, 7) is 2.15. The van der Waals surface area contributed by atoms with Crippen molar-refractivity contribution in [1.82, 2.24) is 15.2 Å². The zero-order chi connectivity index (χ0) is 19.8. The van der Waals surface area contributed by atoms with E-state index in [1.807, 2.05) is 0 Å². The van der Waals surface area contributed by atoms with E-state index in [0.29, 0.717) is 21.9 Å². The first kappa shape index (κ1) is 19.6. The fourth-order valence-electron chi connectivity index (χ4n) is 2.54. The molecule has 0 aliphatic rings. The number of aryl methyl sites for hydroxylation is 1. The van der Waals surface area contributed by atoms with E-state index in [-0.39, 0.29) is 11.8 Å². The number of hydrogen-bond donors (Lipinski definition) is 2. The summed E-state index contributed by atoms with van der Waals surface area (Å²) in [4.78, 5) is 28.7. The molecule has 2 N–H and O–H groups in total. The van der Waals surface area contributed by atoms with Crippen molar-refractivity contribution < 1.29 is 9.59 Å². The third-order valence-electron chi connectivity index (χ3n) is 3.99. The van der Waals surface area contributed by atoms with Crippen molar-refractivity contribution >= 4 is 34.0 Å². The number of rotatable bonds is 8. The summed E-state index contributed by atoms with van der Waals surface area (Å²) < 4.78 is 0. The fourth-order valence-corrected chi connectivity index (χ4v) is 3.32. The van der Waals surface area contributed by atoms with Crippen molar-refractivity contribution in [3.8, 4) is 0 Å². The summed E-state index contributed by atoms with van der Waals surface area (Å²) in [7, 11) is 0. The highest BCUT2D eigenvalue weighted by Crippen LogP contribution is 2.19. The number of unbranched alkanes of at least 4 members (excludes halogenated alkanes) is 2. The minimum atomic E-state index is -0.297. The number of hydrogen-bond acceptors (Lipinski definition) is 6. The Morgan fingerprint density at radius 2 is 1.82 bits per heavy atom. The van der Waals surface area contributed by atoms with Crippen molar-refractivity contribution in [3.63, 3.8) is 0 Å². The molecule has 0 saturated heterocycles. The Kier molecular flexibility index (Phi) is 6.80. The van der Waals surface area contributed by atoms with Gasteiger partial charge in [0.1, 0.15) is 5.01 Å². The highest BCUT2D eigenvalue weighted by molar-refractivity contribution is 7.15. The average Bonchev–Trinajstić information content (AvgIpc) is 3.16. The van der Waals surface area contributed by atoms with E-state index >= 15 is 0 Å². The van der Waals surface area contributed by atoms with Crippen LogP contribution in [0.2, 0.25) is 0 Å². The van der Waals surface area contributed by atoms with Gasteiger partial charge >= 0.3 is 0 Å². The van der Waals surface area contributed by atoms with E-state index < -0.39 is 0 Å². The first-order valence-electron chi connectivity index (χ1n) is 9.11. The molecule has 0 unspecified atom stereocenters. The maximum atomic E-state index is 12.5. The summed E-state index contributed by atoms with van der Waals surface area (Å²) in [5.74, 6) is -0.583. The molecular weight excluding hydrogens is 374 g/mol. The molecule has 0 saturated carbocycles. The molecule has 0 bridgehead atoms. The van der Waals surface area contributed by atoms with Gasteiger partial charge in [-0.1, -0.05) is 37.2 Å². The number of carbonyl (C=O) groups excluding carboxylic acids is 2. The van der Waals surface area contributed by atoms with Gasteiger partial charge in [-0.05, 0) is 36.8 Å². The predicted octanol–water partition coefficient (Wildman–Crippen LogP) is 4.17. The van der Waals surface area contributed by atoms with Crippen LogP contribution in [0.5, 0.6) is 0 Å². The number of pyridine rings is 1. The molecular formula is C20H21N5O2S. The molecule has 0 spiro atoms. The number of benzene rings is 1. The number of carbonyl (C=O) groups is 2. The van der Waals surface area contributed by atoms with E-state index in [4.69, 9.17) is 0 Å². The van der Waals surface area contributed by atoms with E-state index in [0.717, 1.165) is 30.7 Å². The molecule has 3 aromatic rings. The molecule has 144 valence electrons. The lowest BCUT2D eigenvalue weighted by Gasteiger charge is -2.07. The van der Waals surface area contributed by atoms with Gasteiger partial charge in [0.2, 0.25) is 5.13 Å². The van der Waals surface area contributed by atoms with Crippen LogP contribution in [0.3, 0.4) is 0 Å². The number of aromatic nitrogens is 3. The van der Waals surface area contributed by atoms with Crippen molar-refractivity contribution in [1.29, 1.82) is 0 Å². The van der Waals surface area contributed by atoms with Crippen molar-refractivity contribution in [2.45, 2.75) is 32.6 Å². The number of nitrogens with one attached hydrogen (secondary N) is 2. The lowest BCUT2D eigenvalue weighted by Crippen LogP contribution is -2.14. The molecule has 2 heterocycles. The first-order chi connectivity index (χ1) is 13.7. The topological polar surface area (TPSA) is 96.9 Å². The second-order valence-electron chi connectivity index (χ2n) is 6.19. The number of amides is 2. The molecule has 0 radical (unpaired) electrons. The van der Waals surface area contributed by atoms with Crippen LogP contribution in [0.15, 0.2) is 48.8 Å². The SMILES string of the molecule is CCCCCc1nnc(NC(=O)c2cccc(NC(=O)c3cccnc3)c2)s1. The van der Waals surface area contributed by atoms with E-state index in [9.17, 15) is 9.59 Å². The number of anilines is 2. The van der Waals surface area contributed by atoms with Gasteiger partial charge in [-0.2, -0.15) is 0 Å². The van der Waals surface area contributed by atoms with Crippen LogP contribution < -0.4 is 10.6 Å². The van der Waals surface area contributed by atoms with E-state index in [2.05, 4.69) is 32.7 Å². The minimum absolute atomic E-state index is 0.286. The second kappa shape index (κ2) is 9.70. The highest BCUT2D eigenvalue weighted by atomic mass is 32.1. The Balaban J connectivity index is 1.61. The lowest BCUT2D eigenvalue weighted by atomic mass is 10.2. The van der Waals surface area contributed by atoms with Gasteiger partial charge in [-0.15, -0.1) is 10.2 Å². The van der Waals surface area contributed by atoms with Gasteiger partial charge in [-0.3, -0.25) is 19.9 Å². The van der Waals surface area contributed by atoms with Crippen LogP contribution in [0.25, 0.3) is 0 Å². The molecule has 0 aliphatic carbocycles. The zero-order valence-electron chi connectivity index (χ0n) is 15.5. The number of nitrogens with zero attached hydrogens (tertiary/aromatic N) is 3. The summed E-state index contributed by atoms with van der Waals surface area (Å²) >= 11 is 1.39. The van der Waals surface area contributed by atoms with Crippen molar-refractivity contribution in [2.75, 3.05) is 10.6 Å². The summed E-state index contributed by atoms with van der Waals surface area (Å²) in [5, 5.41) is 15.1. The smallest absolute Gasteiger partial charge is 0.257 e. The van der Waals surface area contributed by atoms with Gasteiger partial charge in [0.15, 0.2) is 0 Å². The van der Waals surface area contributed by atoms with Crippen LogP contribution in [0.4, 0.5) is 10.8 Å². The van der Waals surface area contributed by atoms with Gasteiger partial charge in [0.25, 0.3) is 11.8 Å². The monoisotopic (exact) mass is 395 g/mol. The van der Waals surface area contributed by atoms with Crippen molar-refractivity contribution in [2.24, 2.45) is 0 Å². The Hall–Kier alpha value is -3.13. The van der Waals surface area contributed by atoms with Crippen LogP contribution in [-0.4, -0.2) is 27.0 Å². The minimum Gasteiger partial charge on any atom is -0.322 e. The Morgan fingerprint density at radius 3 is 2.61 bits per heavy atom. The Bertz CT molecular complexity index is 943. The van der Waals surface area contributed by atoms with Crippen LogP contribution in [0.1, 0.15) is 51.9 Å². The largest absolute Gasteiger partial charge is 0.322 e. The molecule has 0 atom stereocenters. The standard InChI is InChI=1S/C20H21N5O2S/c1-2-3-4-10-17-24-25-20(28-17)23-18(26)14-7-5-9-16(12-14)22-19(27)15-8-6-11-21-13-15/h5-9,11-13H,2-4,10H2,1H3,(H,22,27)(H,23,25,26). The van der Waals surface area contributed by atoms with Crippen LogP contribution in [-0.2, 0) is 6.42 Å². The maximum Gasteiger partial charge on any atom is 0.257 e. The highest BCUT2D eigenvalue weighted by Gasteiger charge is 2.12. The van der Waals surface area contributed by atoms with Gasteiger partial charge in [-0.25, -0.2) is 0 Å². The molecule has 8 heteroatoms. The quantitative estimate of drug-likeness (QED) is 0.558. The third-order valence-corrected chi connectivity index (χ3v) is 4.89. The molecule has 0 aliphatic heterocycles. The molecule has 2 aromatic heterocycles. The normalized spacial score (nSPS) is 10.5.